The predicted octanol–water partition coefficient (Wildman–Crippen LogP) is 4.13. The minimum atomic E-state index is -3.93. The molecule has 0 unspecified atom stereocenters. The Morgan fingerprint density at radius 1 is 1.06 bits per heavy atom. The minimum Gasteiger partial charge on any atom is -0.497 e. The van der Waals surface area contributed by atoms with Crippen LogP contribution in [0.1, 0.15) is 48.9 Å². The molecule has 0 N–H and O–H groups in total. The average Bonchev–Trinajstić information content (AvgIpc) is 3.73. The van der Waals surface area contributed by atoms with Crippen molar-refractivity contribution >= 4 is 27.6 Å². The van der Waals surface area contributed by atoms with Crippen LogP contribution in [0.25, 0.3) is 0 Å². The monoisotopic (exact) mass is 498 g/mol. The highest BCUT2D eigenvalue weighted by molar-refractivity contribution is 7.92. The molecule has 0 spiro atoms. The molecule has 2 aromatic carbocycles. The Balaban J connectivity index is 1.44. The number of allylic oxidation sites excluding steroid dienone is 2. The maximum absolute atomic E-state index is 13.1. The zero-order valence-electron chi connectivity index (χ0n) is 20.0. The molecule has 2 aromatic rings. The number of carbonyl (C=O) groups excluding carboxylic acids is 2. The van der Waals surface area contributed by atoms with E-state index in [2.05, 4.69) is 6.08 Å². The van der Waals surface area contributed by atoms with E-state index in [0.29, 0.717) is 11.4 Å². The van der Waals surface area contributed by atoms with Gasteiger partial charge >= 0.3 is 5.97 Å². The van der Waals surface area contributed by atoms with Crippen molar-refractivity contribution in [1.29, 1.82) is 0 Å². The second-order valence-electron chi connectivity index (χ2n) is 8.71. The molecule has 2 aliphatic rings. The number of amides is 1. The molecule has 0 heterocycles. The highest BCUT2D eigenvalue weighted by Crippen LogP contribution is 2.34. The number of hydrogen-bond acceptors (Lipinski definition) is 6. The van der Waals surface area contributed by atoms with Gasteiger partial charge in [0, 0.05) is 18.8 Å². The van der Waals surface area contributed by atoms with Gasteiger partial charge in [-0.2, -0.15) is 0 Å². The Labute approximate surface area is 206 Å². The lowest BCUT2D eigenvalue weighted by molar-refractivity contribution is -0.133. The number of carbonyl (C=O) groups is 2. The molecule has 0 saturated heterocycles. The van der Waals surface area contributed by atoms with Crippen LogP contribution in [0.4, 0.5) is 5.69 Å². The van der Waals surface area contributed by atoms with Crippen molar-refractivity contribution in [2.24, 2.45) is 0 Å². The van der Waals surface area contributed by atoms with Crippen molar-refractivity contribution in [3.63, 3.8) is 0 Å². The number of sulfonamides is 1. The lowest BCUT2D eigenvalue weighted by Crippen LogP contribution is -2.36. The van der Waals surface area contributed by atoms with Gasteiger partial charge in [-0.25, -0.2) is 13.2 Å². The van der Waals surface area contributed by atoms with E-state index < -0.39 is 16.0 Å². The molecule has 0 radical (unpaired) electrons. The van der Waals surface area contributed by atoms with Gasteiger partial charge in [-0.3, -0.25) is 9.10 Å². The normalized spacial score (nSPS) is 15.7. The first-order valence-electron chi connectivity index (χ1n) is 11.7. The van der Waals surface area contributed by atoms with Gasteiger partial charge in [-0.15, -0.1) is 0 Å². The van der Waals surface area contributed by atoms with Crippen LogP contribution in [-0.4, -0.2) is 52.0 Å². The van der Waals surface area contributed by atoms with Crippen molar-refractivity contribution in [3.05, 3.63) is 65.9 Å². The Bertz CT molecular complexity index is 1220. The summed E-state index contributed by atoms with van der Waals surface area (Å²) in [4.78, 5) is 27.3. The van der Waals surface area contributed by atoms with E-state index in [9.17, 15) is 18.0 Å². The number of nitrogens with zero attached hydrogens (tertiary/aromatic N) is 2. The first kappa shape index (κ1) is 24.8. The molecule has 4 rings (SSSR count). The molecule has 0 aliphatic heterocycles. The van der Waals surface area contributed by atoms with Gasteiger partial charge < -0.3 is 14.4 Å². The van der Waals surface area contributed by atoms with Gasteiger partial charge in [0.15, 0.2) is 6.61 Å². The van der Waals surface area contributed by atoms with E-state index in [4.69, 9.17) is 9.47 Å². The summed E-state index contributed by atoms with van der Waals surface area (Å²) < 4.78 is 37.8. The van der Waals surface area contributed by atoms with Gasteiger partial charge in [-0.1, -0.05) is 12.1 Å². The Kier molecular flexibility index (Phi) is 7.45. The molecule has 0 bridgehead atoms. The van der Waals surface area contributed by atoms with Gasteiger partial charge in [0.25, 0.3) is 15.9 Å². The highest BCUT2D eigenvalue weighted by atomic mass is 32.2. The van der Waals surface area contributed by atoms with Crippen LogP contribution < -0.4 is 9.04 Å². The molecule has 2 aliphatic carbocycles. The van der Waals surface area contributed by atoms with Crippen molar-refractivity contribution in [2.45, 2.75) is 49.5 Å². The fourth-order valence-corrected chi connectivity index (χ4v) is 5.37. The lowest BCUT2D eigenvalue weighted by Gasteiger charge is -2.27. The molecular weight excluding hydrogens is 468 g/mol. The van der Waals surface area contributed by atoms with Gasteiger partial charge in [0.1, 0.15) is 5.75 Å². The summed E-state index contributed by atoms with van der Waals surface area (Å²) >= 11 is 0. The largest absolute Gasteiger partial charge is 0.497 e. The summed E-state index contributed by atoms with van der Waals surface area (Å²) in [5, 5.41) is 0. The number of esters is 1. The fraction of sp³-hybridized carbons (Fsp3) is 0.385. The summed E-state index contributed by atoms with van der Waals surface area (Å²) in [5.74, 6) is -0.369. The van der Waals surface area contributed by atoms with E-state index in [-0.39, 0.29) is 29.0 Å². The second kappa shape index (κ2) is 10.5. The molecule has 0 atom stereocenters. The molecular formula is C26H30N2O6S. The molecule has 8 nitrogen and oxygen atoms in total. The molecule has 0 aromatic heterocycles. The molecule has 1 amide bonds. The van der Waals surface area contributed by atoms with Crippen LogP contribution >= 0.6 is 0 Å². The Morgan fingerprint density at radius 2 is 1.80 bits per heavy atom. The fourth-order valence-electron chi connectivity index (χ4n) is 4.12. The third kappa shape index (κ3) is 5.67. The third-order valence-electron chi connectivity index (χ3n) is 6.25. The summed E-state index contributed by atoms with van der Waals surface area (Å²) in [6.45, 7) is -0.380. The Morgan fingerprint density at radius 3 is 2.43 bits per heavy atom. The summed E-state index contributed by atoms with van der Waals surface area (Å²) in [7, 11) is -0.958. The SMILES string of the molecule is COc1ccc(N(C)S(=O)(=O)c2cccc(C(=O)OCC(=O)N(C3=CCCCC3)C3CC3)c2)cc1. The van der Waals surface area contributed by atoms with Crippen LogP contribution in [0.2, 0.25) is 0 Å². The maximum Gasteiger partial charge on any atom is 0.338 e. The van der Waals surface area contributed by atoms with E-state index in [1.54, 1.807) is 29.2 Å². The zero-order chi connectivity index (χ0) is 25.0. The molecule has 1 fully saturated rings. The minimum absolute atomic E-state index is 0.0523. The van der Waals surface area contributed by atoms with Crippen LogP contribution in [0.3, 0.4) is 0 Å². The molecule has 186 valence electrons. The standard InChI is InChI=1S/C26H30N2O6S/c1-27(20-13-15-23(33-2)16-14-20)35(31,32)24-10-6-7-19(17-24)26(30)34-18-25(29)28(22-11-12-22)21-8-4-3-5-9-21/h6-8,10,13-17,22H,3-5,9,11-12,18H2,1-2H3. The first-order chi connectivity index (χ1) is 16.8. The average molecular weight is 499 g/mol. The van der Waals surface area contributed by atoms with Crippen molar-refractivity contribution < 1.29 is 27.5 Å². The number of anilines is 1. The quantitative estimate of drug-likeness (QED) is 0.483. The number of ether oxygens (including phenoxy) is 2. The van der Waals surface area contributed by atoms with Crippen LogP contribution in [-0.2, 0) is 19.6 Å². The topological polar surface area (TPSA) is 93.2 Å². The summed E-state index contributed by atoms with van der Waals surface area (Å²) in [5.41, 5.74) is 1.54. The van der Waals surface area contributed by atoms with Crippen LogP contribution in [0, 0.1) is 0 Å². The van der Waals surface area contributed by atoms with Gasteiger partial charge in [0.2, 0.25) is 0 Å². The number of methoxy groups -OCH3 is 1. The number of hydrogen-bond donors (Lipinski definition) is 0. The van der Waals surface area contributed by atoms with Gasteiger partial charge in [-0.05, 0) is 81.0 Å². The Hall–Kier alpha value is -3.33. The first-order valence-corrected chi connectivity index (χ1v) is 13.2. The molecule has 1 saturated carbocycles. The summed E-state index contributed by atoms with van der Waals surface area (Å²) in [6, 6.07) is 12.4. The maximum atomic E-state index is 13.1. The van der Waals surface area contributed by atoms with Crippen molar-refractivity contribution in [2.75, 3.05) is 25.1 Å². The predicted molar refractivity (Wildman–Crippen MR) is 132 cm³/mol. The van der Waals surface area contributed by atoms with Gasteiger partial charge in [0.05, 0.1) is 23.3 Å². The van der Waals surface area contributed by atoms with Crippen LogP contribution in [0.15, 0.2) is 65.2 Å². The third-order valence-corrected chi connectivity index (χ3v) is 8.03. The van der Waals surface area contributed by atoms with E-state index in [1.807, 2.05) is 0 Å². The zero-order valence-corrected chi connectivity index (χ0v) is 20.8. The highest BCUT2D eigenvalue weighted by Gasteiger charge is 2.35. The lowest BCUT2D eigenvalue weighted by atomic mass is 10.0. The molecule has 35 heavy (non-hydrogen) atoms. The number of rotatable bonds is 9. The van der Waals surface area contributed by atoms with Crippen molar-refractivity contribution in [1.82, 2.24) is 4.90 Å². The van der Waals surface area contributed by atoms with E-state index >= 15 is 0 Å². The second-order valence-corrected chi connectivity index (χ2v) is 10.7. The smallest absolute Gasteiger partial charge is 0.338 e. The van der Waals surface area contributed by atoms with E-state index in [1.165, 1.54) is 38.4 Å². The van der Waals surface area contributed by atoms with Crippen molar-refractivity contribution in [3.8, 4) is 5.75 Å². The van der Waals surface area contributed by atoms with Crippen LogP contribution in [0.5, 0.6) is 5.75 Å². The van der Waals surface area contributed by atoms with E-state index in [0.717, 1.165) is 48.5 Å². The molecule has 9 heteroatoms. The summed E-state index contributed by atoms with van der Waals surface area (Å²) in [6.07, 6.45) is 8.01. The number of benzene rings is 2.